The number of alkyl halides is 3. The maximum Gasteiger partial charge on any atom is 0.406 e. The van der Waals surface area contributed by atoms with Crippen LogP contribution in [0.1, 0.15) is 20.3 Å². The van der Waals surface area contributed by atoms with Gasteiger partial charge in [-0.1, -0.05) is 20.3 Å². The summed E-state index contributed by atoms with van der Waals surface area (Å²) >= 11 is 0. The van der Waals surface area contributed by atoms with E-state index in [9.17, 15) is 22.8 Å². The molecule has 1 unspecified atom stereocenters. The molecule has 0 aliphatic heterocycles. The summed E-state index contributed by atoms with van der Waals surface area (Å²) in [5, 5.41) is 8.51. The molecule has 0 fully saturated rings. The second-order valence-electron chi connectivity index (χ2n) is 4.11. The molecule has 0 aromatic carbocycles. The van der Waals surface area contributed by atoms with Gasteiger partial charge in [-0.15, -0.1) is 0 Å². The van der Waals surface area contributed by atoms with Crippen LogP contribution in [-0.2, 0) is 9.59 Å². The minimum atomic E-state index is -4.65. The lowest BCUT2D eigenvalue weighted by Gasteiger charge is -2.27. The highest BCUT2D eigenvalue weighted by Gasteiger charge is 2.36. The van der Waals surface area contributed by atoms with Gasteiger partial charge in [0, 0.05) is 0 Å². The van der Waals surface area contributed by atoms with Crippen LogP contribution in [0.3, 0.4) is 0 Å². The van der Waals surface area contributed by atoms with Crippen molar-refractivity contribution >= 4 is 11.9 Å². The van der Waals surface area contributed by atoms with Crippen molar-refractivity contribution in [1.29, 1.82) is 0 Å². The van der Waals surface area contributed by atoms with Crippen LogP contribution in [0.4, 0.5) is 13.2 Å². The van der Waals surface area contributed by atoms with Gasteiger partial charge in [-0.25, -0.2) is 0 Å². The summed E-state index contributed by atoms with van der Waals surface area (Å²) in [6.45, 7) is 0.739. The highest BCUT2D eigenvalue weighted by Crippen LogP contribution is 2.18. The molecule has 3 N–H and O–H groups in total. The molecule has 106 valence electrons. The molecule has 5 nitrogen and oxygen atoms in total. The van der Waals surface area contributed by atoms with Crippen LogP contribution in [0.25, 0.3) is 0 Å². The van der Waals surface area contributed by atoms with Crippen molar-refractivity contribution in [3.05, 3.63) is 0 Å². The first-order valence-corrected chi connectivity index (χ1v) is 5.41. The van der Waals surface area contributed by atoms with E-state index in [0.717, 1.165) is 0 Å². The summed E-state index contributed by atoms with van der Waals surface area (Å²) in [5.74, 6) is -2.82. The zero-order valence-electron chi connectivity index (χ0n) is 10.2. The van der Waals surface area contributed by atoms with E-state index >= 15 is 0 Å². The van der Waals surface area contributed by atoms with Crippen molar-refractivity contribution in [3.8, 4) is 0 Å². The van der Waals surface area contributed by atoms with E-state index in [0.29, 0.717) is 6.42 Å². The summed E-state index contributed by atoms with van der Waals surface area (Å²) in [7, 11) is 0. The molecule has 0 aliphatic rings. The number of carbonyl (C=O) groups is 2. The lowest BCUT2D eigenvalue weighted by Crippen LogP contribution is -2.51. The predicted molar refractivity (Wildman–Crippen MR) is 57.7 cm³/mol. The van der Waals surface area contributed by atoms with Crippen molar-refractivity contribution in [2.75, 3.05) is 13.1 Å². The molecule has 0 rings (SSSR count). The lowest BCUT2D eigenvalue weighted by atomic mass is 9.99. The van der Waals surface area contributed by atoms with Crippen LogP contribution in [0.15, 0.2) is 0 Å². The Labute approximate surface area is 103 Å². The minimum Gasteiger partial charge on any atom is -0.480 e. The highest BCUT2D eigenvalue weighted by atomic mass is 19.4. The van der Waals surface area contributed by atoms with Crippen LogP contribution in [-0.4, -0.2) is 47.2 Å². The van der Waals surface area contributed by atoms with Gasteiger partial charge in [-0.05, 0) is 5.92 Å². The molecule has 0 spiro atoms. The summed E-state index contributed by atoms with van der Waals surface area (Å²) in [4.78, 5) is 22.4. The Kier molecular flexibility index (Phi) is 6.10. The van der Waals surface area contributed by atoms with Gasteiger partial charge in [0.05, 0.1) is 6.04 Å². The van der Waals surface area contributed by atoms with Gasteiger partial charge in [-0.2, -0.15) is 13.2 Å². The predicted octanol–water partition coefficient (Wildman–Crippen LogP) is 0.835. The zero-order chi connectivity index (χ0) is 14.5. The number of carboxylic acids is 1. The number of hydrogen-bond acceptors (Lipinski definition) is 3. The van der Waals surface area contributed by atoms with Crippen LogP contribution in [0.5, 0.6) is 0 Å². The van der Waals surface area contributed by atoms with E-state index in [1.54, 1.807) is 13.8 Å². The largest absolute Gasteiger partial charge is 0.480 e. The third kappa shape index (κ3) is 5.85. The molecule has 0 saturated carbocycles. The van der Waals surface area contributed by atoms with Crippen LogP contribution >= 0.6 is 0 Å². The topological polar surface area (TPSA) is 83.6 Å². The first-order chi connectivity index (χ1) is 8.08. The Morgan fingerprint density at radius 1 is 1.39 bits per heavy atom. The molecule has 1 amide bonds. The summed E-state index contributed by atoms with van der Waals surface area (Å²) < 4.78 is 36.7. The standard InChI is InChI=1S/C10H17F3N2O3/c1-3-6(2)8(14)9(18)15(4-7(16)17)5-10(11,12)13/h6,8H,3-5,14H2,1-2H3,(H,16,17)/t6?,8-/m0/s1. The average Bonchev–Trinajstić information content (AvgIpc) is 2.22. The highest BCUT2D eigenvalue weighted by molar-refractivity contribution is 5.85. The summed E-state index contributed by atoms with van der Waals surface area (Å²) in [6.07, 6.45) is -4.14. The number of carbonyl (C=O) groups excluding carboxylic acids is 1. The molecule has 0 heterocycles. The second-order valence-corrected chi connectivity index (χ2v) is 4.11. The Hall–Kier alpha value is -1.31. The molecule has 0 saturated heterocycles. The maximum atomic E-state index is 12.2. The zero-order valence-corrected chi connectivity index (χ0v) is 10.2. The average molecular weight is 270 g/mol. The first-order valence-electron chi connectivity index (χ1n) is 5.41. The fourth-order valence-corrected chi connectivity index (χ4v) is 1.30. The number of nitrogens with two attached hydrogens (primary N) is 1. The third-order valence-corrected chi connectivity index (χ3v) is 2.55. The van der Waals surface area contributed by atoms with Crippen molar-refractivity contribution in [2.45, 2.75) is 32.5 Å². The fraction of sp³-hybridized carbons (Fsp3) is 0.800. The number of hydrogen-bond donors (Lipinski definition) is 2. The maximum absolute atomic E-state index is 12.2. The van der Waals surface area contributed by atoms with Crippen molar-refractivity contribution in [2.24, 2.45) is 11.7 Å². The number of aliphatic carboxylic acids is 1. The molecule has 2 atom stereocenters. The van der Waals surface area contributed by atoms with Gasteiger partial charge in [0.2, 0.25) is 5.91 Å². The summed E-state index contributed by atoms with van der Waals surface area (Å²) in [5.41, 5.74) is 5.52. The van der Waals surface area contributed by atoms with E-state index in [1.807, 2.05) is 0 Å². The molecule has 0 radical (unpaired) electrons. The van der Waals surface area contributed by atoms with Gasteiger partial charge in [0.15, 0.2) is 0 Å². The van der Waals surface area contributed by atoms with Crippen LogP contribution < -0.4 is 5.73 Å². The number of halogens is 3. The smallest absolute Gasteiger partial charge is 0.406 e. The van der Waals surface area contributed by atoms with E-state index in [1.165, 1.54) is 0 Å². The Morgan fingerprint density at radius 2 is 1.89 bits per heavy atom. The van der Waals surface area contributed by atoms with Gasteiger partial charge in [-0.3, -0.25) is 9.59 Å². The third-order valence-electron chi connectivity index (χ3n) is 2.55. The number of rotatable bonds is 6. The normalized spacial score (nSPS) is 15.0. The van der Waals surface area contributed by atoms with Crippen LogP contribution in [0.2, 0.25) is 0 Å². The monoisotopic (exact) mass is 270 g/mol. The van der Waals surface area contributed by atoms with Gasteiger partial charge in [0.25, 0.3) is 0 Å². The first kappa shape index (κ1) is 16.7. The number of carboxylic acid groups (broad SMARTS) is 1. The fourth-order valence-electron chi connectivity index (χ4n) is 1.30. The molecule has 0 bridgehead atoms. The number of amides is 1. The van der Waals surface area contributed by atoms with E-state index in [4.69, 9.17) is 10.8 Å². The summed E-state index contributed by atoms with van der Waals surface area (Å²) in [6, 6.07) is -1.13. The molecule has 8 heteroatoms. The lowest BCUT2D eigenvalue weighted by molar-refractivity contribution is -0.167. The molecular weight excluding hydrogens is 253 g/mol. The Bertz CT molecular complexity index is 307. The molecule has 18 heavy (non-hydrogen) atoms. The van der Waals surface area contributed by atoms with Gasteiger partial charge >= 0.3 is 12.1 Å². The molecule has 0 aliphatic carbocycles. The van der Waals surface area contributed by atoms with Crippen molar-refractivity contribution < 1.29 is 27.9 Å². The molecule has 0 aromatic heterocycles. The van der Waals surface area contributed by atoms with Gasteiger partial charge in [0.1, 0.15) is 13.1 Å². The quantitative estimate of drug-likeness (QED) is 0.749. The Morgan fingerprint density at radius 3 is 2.22 bits per heavy atom. The van der Waals surface area contributed by atoms with E-state index in [2.05, 4.69) is 0 Å². The molecular formula is C10H17F3N2O3. The molecule has 0 aromatic rings. The van der Waals surface area contributed by atoms with Gasteiger partial charge < -0.3 is 15.7 Å². The van der Waals surface area contributed by atoms with Crippen LogP contribution in [0, 0.1) is 5.92 Å². The van der Waals surface area contributed by atoms with Crippen molar-refractivity contribution in [3.63, 3.8) is 0 Å². The SMILES string of the molecule is CCC(C)[C@H](N)C(=O)N(CC(=O)O)CC(F)(F)F. The number of nitrogens with zero attached hydrogens (tertiary/aromatic N) is 1. The minimum absolute atomic E-state index is 0.221. The van der Waals surface area contributed by atoms with E-state index < -0.39 is 37.2 Å². The van der Waals surface area contributed by atoms with Crippen molar-refractivity contribution in [1.82, 2.24) is 4.90 Å². The Balaban J connectivity index is 4.84. The second kappa shape index (κ2) is 6.58. The van der Waals surface area contributed by atoms with E-state index in [-0.39, 0.29) is 10.8 Å².